The number of ether oxygens (including phenoxy) is 5. The number of methoxy groups -OCH3 is 2. The molecule has 2 aromatic carbocycles. The minimum absolute atomic E-state index is 0. The Balaban J connectivity index is 0.00000243. The normalized spacial score (nSPS) is 14.9. The van der Waals surface area contributed by atoms with Gasteiger partial charge in [-0.25, -0.2) is 0 Å². The lowest BCUT2D eigenvalue weighted by molar-refractivity contribution is -0.00000674. The van der Waals surface area contributed by atoms with Crippen molar-refractivity contribution in [3.8, 4) is 28.7 Å². The van der Waals surface area contributed by atoms with Gasteiger partial charge in [-0.05, 0) is 24.3 Å². The average Bonchev–Trinajstić information content (AvgIpc) is 2.67. The summed E-state index contributed by atoms with van der Waals surface area (Å²) in [6.45, 7) is 2.37. The predicted molar refractivity (Wildman–Crippen MR) is 94.3 cm³/mol. The maximum Gasteiger partial charge on any atom is 0.203 e. The Kier molecular flexibility index (Phi) is 7.69. The van der Waals surface area contributed by atoms with Crippen molar-refractivity contribution in [3.63, 3.8) is 0 Å². The Labute approximate surface area is 159 Å². The third kappa shape index (κ3) is 4.86. The molecule has 0 saturated heterocycles. The fraction of sp³-hybridized carbons (Fsp3) is 0.368. The lowest BCUT2D eigenvalue weighted by Crippen LogP contribution is -3.00. The molecule has 3 rings (SSSR count). The van der Waals surface area contributed by atoms with E-state index in [1.807, 2.05) is 42.5 Å². The zero-order chi connectivity index (χ0) is 17.5. The summed E-state index contributed by atoms with van der Waals surface area (Å²) in [6.07, 6.45) is -0.0179. The molecule has 142 valence electrons. The molecular weight excluding hydrogens is 358 g/mol. The second-order valence-electron chi connectivity index (χ2n) is 5.54. The smallest absolute Gasteiger partial charge is 0.203 e. The molecule has 7 heteroatoms. The number of nitrogens with one attached hydrogen (secondary N) is 1. The van der Waals surface area contributed by atoms with E-state index in [0.717, 1.165) is 11.5 Å². The van der Waals surface area contributed by atoms with E-state index in [4.69, 9.17) is 23.7 Å². The lowest BCUT2D eigenvalue weighted by atomic mass is 10.2. The molecule has 2 aromatic rings. The van der Waals surface area contributed by atoms with Gasteiger partial charge in [0.25, 0.3) is 0 Å². The molecule has 0 amide bonds. The van der Waals surface area contributed by atoms with E-state index < -0.39 is 0 Å². The van der Waals surface area contributed by atoms with Crippen LogP contribution in [0.25, 0.3) is 0 Å². The number of fused-ring (bicyclic) bond motifs is 1. The molecule has 0 radical (unpaired) electrons. The molecular formula is C19H23ClNO5-. The first-order valence-electron chi connectivity index (χ1n) is 8.25. The molecule has 0 aromatic heterocycles. The van der Waals surface area contributed by atoms with Crippen LogP contribution in [0.15, 0.2) is 42.5 Å². The van der Waals surface area contributed by atoms with Crippen LogP contribution in [-0.4, -0.2) is 46.6 Å². The van der Waals surface area contributed by atoms with Crippen molar-refractivity contribution >= 4 is 0 Å². The first-order valence-corrected chi connectivity index (χ1v) is 8.25. The largest absolute Gasteiger partial charge is 1.00 e. The third-order valence-corrected chi connectivity index (χ3v) is 3.85. The summed E-state index contributed by atoms with van der Waals surface area (Å²) in [5, 5.41) is 3.32. The van der Waals surface area contributed by atoms with Crippen LogP contribution in [0.4, 0.5) is 0 Å². The molecule has 26 heavy (non-hydrogen) atoms. The zero-order valence-corrected chi connectivity index (χ0v) is 15.6. The Hall–Kier alpha value is -2.31. The number of para-hydroxylation sites is 3. The Morgan fingerprint density at radius 2 is 1.69 bits per heavy atom. The molecule has 1 aliphatic heterocycles. The van der Waals surface area contributed by atoms with Crippen LogP contribution in [0.5, 0.6) is 28.7 Å². The topological polar surface area (TPSA) is 58.2 Å². The summed E-state index contributed by atoms with van der Waals surface area (Å²) >= 11 is 0. The second-order valence-corrected chi connectivity index (χ2v) is 5.54. The van der Waals surface area contributed by atoms with Gasteiger partial charge in [0.1, 0.15) is 19.3 Å². The van der Waals surface area contributed by atoms with E-state index in [0.29, 0.717) is 43.6 Å². The van der Waals surface area contributed by atoms with Gasteiger partial charge in [-0.1, -0.05) is 18.2 Å². The van der Waals surface area contributed by atoms with E-state index in [9.17, 15) is 0 Å². The molecule has 0 spiro atoms. The van der Waals surface area contributed by atoms with E-state index in [-0.39, 0.29) is 18.5 Å². The van der Waals surface area contributed by atoms with Gasteiger partial charge in [0, 0.05) is 13.1 Å². The molecule has 0 fully saturated rings. The standard InChI is InChI=1S/C19H23NO5.ClH/c1-21-17-8-5-9-18(22-2)19(17)23-11-10-20-12-14-13-24-15-6-3-4-7-16(15)25-14;/h3-9,14,20H,10-13H2,1-2H3;1H/p-1. The van der Waals surface area contributed by atoms with Crippen molar-refractivity contribution in [1.82, 2.24) is 5.32 Å². The molecule has 0 bridgehead atoms. The van der Waals surface area contributed by atoms with Crippen molar-refractivity contribution < 1.29 is 36.1 Å². The summed E-state index contributed by atoms with van der Waals surface area (Å²) in [4.78, 5) is 0. The second kappa shape index (κ2) is 9.99. The van der Waals surface area contributed by atoms with Crippen molar-refractivity contribution in [2.45, 2.75) is 6.10 Å². The SMILES string of the molecule is COc1cccc(OC)c1OCCNCC1COc2ccccc2O1.[Cl-]. The monoisotopic (exact) mass is 380 g/mol. The van der Waals surface area contributed by atoms with Gasteiger partial charge in [-0.3, -0.25) is 0 Å². The van der Waals surface area contributed by atoms with E-state index in [1.54, 1.807) is 14.2 Å². The molecule has 0 aliphatic carbocycles. The molecule has 1 N–H and O–H groups in total. The quantitative estimate of drug-likeness (QED) is 0.624. The minimum atomic E-state index is -0.0179. The maximum atomic E-state index is 5.90. The highest BCUT2D eigenvalue weighted by Gasteiger charge is 2.20. The van der Waals surface area contributed by atoms with Crippen LogP contribution in [-0.2, 0) is 0 Å². The number of halogens is 1. The molecule has 0 saturated carbocycles. The van der Waals surface area contributed by atoms with Gasteiger partial charge in [-0.15, -0.1) is 0 Å². The molecule has 1 heterocycles. The first-order chi connectivity index (χ1) is 12.3. The number of benzene rings is 2. The average molecular weight is 381 g/mol. The summed E-state index contributed by atoms with van der Waals surface area (Å²) in [6, 6.07) is 13.2. The fourth-order valence-corrected chi connectivity index (χ4v) is 2.61. The van der Waals surface area contributed by atoms with Crippen LogP contribution in [0.2, 0.25) is 0 Å². The highest BCUT2D eigenvalue weighted by atomic mass is 35.5. The van der Waals surface area contributed by atoms with Gasteiger partial charge >= 0.3 is 0 Å². The van der Waals surface area contributed by atoms with E-state index >= 15 is 0 Å². The van der Waals surface area contributed by atoms with Crippen LogP contribution < -0.4 is 41.4 Å². The summed E-state index contributed by atoms with van der Waals surface area (Å²) in [5.41, 5.74) is 0. The van der Waals surface area contributed by atoms with Gasteiger partial charge in [0.2, 0.25) is 5.75 Å². The highest BCUT2D eigenvalue weighted by molar-refractivity contribution is 5.51. The van der Waals surface area contributed by atoms with Gasteiger partial charge in [-0.2, -0.15) is 0 Å². The summed E-state index contributed by atoms with van der Waals surface area (Å²) in [5.74, 6) is 3.50. The Bertz CT molecular complexity index is 675. The predicted octanol–water partition coefficient (Wildman–Crippen LogP) is -0.484. The maximum absolute atomic E-state index is 5.90. The van der Waals surface area contributed by atoms with Crippen molar-refractivity contribution in [2.75, 3.05) is 40.5 Å². The van der Waals surface area contributed by atoms with Crippen LogP contribution in [0.1, 0.15) is 0 Å². The Morgan fingerprint density at radius 3 is 2.38 bits per heavy atom. The number of hydrogen-bond donors (Lipinski definition) is 1. The molecule has 6 nitrogen and oxygen atoms in total. The highest BCUT2D eigenvalue weighted by Crippen LogP contribution is 2.36. The molecule has 1 atom stereocenters. The van der Waals surface area contributed by atoms with Crippen molar-refractivity contribution in [1.29, 1.82) is 0 Å². The third-order valence-electron chi connectivity index (χ3n) is 3.85. The van der Waals surface area contributed by atoms with Gasteiger partial charge in [0.15, 0.2) is 23.0 Å². The van der Waals surface area contributed by atoms with Crippen molar-refractivity contribution in [2.24, 2.45) is 0 Å². The van der Waals surface area contributed by atoms with Gasteiger partial charge in [0.05, 0.1) is 14.2 Å². The van der Waals surface area contributed by atoms with Crippen LogP contribution in [0.3, 0.4) is 0 Å². The van der Waals surface area contributed by atoms with Crippen LogP contribution >= 0.6 is 0 Å². The lowest BCUT2D eigenvalue weighted by Gasteiger charge is -2.26. The number of hydrogen-bond acceptors (Lipinski definition) is 6. The Morgan fingerprint density at radius 1 is 1.00 bits per heavy atom. The zero-order valence-electron chi connectivity index (χ0n) is 14.9. The first kappa shape index (κ1) is 20.0. The minimum Gasteiger partial charge on any atom is -1.00 e. The van der Waals surface area contributed by atoms with E-state index in [2.05, 4.69) is 5.32 Å². The number of rotatable bonds is 8. The van der Waals surface area contributed by atoms with E-state index in [1.165, 1.54) is 0 Å². The van der Waals surface area contributed by atoms with Crippen LogP contribution in [0, 0.1) is 0 Å². The summed E-state index contributed by atoms with van der Waals surface area (Å²) in [7, 11) is 3.22. The molecule has 1 unspecified atom stereocenters. The van der Waals surface area contributed by atoms with Gasteiger partial charge < -0.3 is 41.4 Å². The summed E-state index contributed by atoms with van der Waals surface area (Å²) < 4.78 is 28.0. The fourth-order valence-electron chi connectivity index (χ4n) is 2.61. The molecule has 1 aliphatic rings. The van der Waals surface area contributed by atoms with Crippen molar-refractivity contribution in [3.05, 3.63) is 42.5 Å².